The fraction of sp³-hybridized carbons (Fsp3) is 0.290. The van der Waals surface area contributed by atoms with Gasteiger partial charge in [0, 0.05) is 23.9 Å². The summed E-state index contributed by atoms with van der Waals surface area (Å²) in [6.45, 7) is 1.93. The number of aliphatic hydroxyl groups excluding tert-OH is 1. The summed E-state index contributed by atoms with van der Waals surface area (Å²) in [6.07, 6.45) is -4.00. The van der Waals surface area contributed by atoms with Crippen LogP contribution in [0.1, 0.15) is 22.9 Å². The zero-order valence-corrected chi connectivity index (χ0v) is 24.7. The second kappa shape index (κ2) is 11.6. The highest BCUT2D eigenvalue weighted by Crippen LogP contribution is 2.40. The van der Waals surface area contributed by atoms with Crippen molar-refractivity contribution in [3.05, 3.63) is 94.9 Å². The third kappa shape index (κ3) is 5.38. The maximum Gasteiger partial charge on any atom is 0.258 e. The molecule has 1 unspecified atom stereocenters. The lowest BCUT2D eigenvalue weighted by Gasteiger charge is -2.48. The molecule has 2 aliphatic heterocycles. The molecule has 4 heterocycles. The largest absolute Gasteiger partial charge is 0.387 e. The number of rotatable bonds is 5. The molecule has 45 heavy (non-hydrogen) atoms. The molecule has 0 spiro atoms. The van der Waals surface area contributed by atoms with Crippen LogP contribution in [0.3, 0.4) is 0 Å². The molecule has 3 aromatic carbocycles. The number of amides is 1. The molecule has 6 atom stereocenters. The summed E-state index contributed by atoms with van der Waals surface area (Å²) >= 11 is 1.50. The van der Waals surface area contributed by atoms with Gasteiger partial charge in [-0.3, -0.25) is 4.79 Å². The summed E-state index contributed by atoms with van der Waals surface area (Å²) in [5, 5.41) is 20.8. The minimum atomic E-state index is -1.61. The second-order valence-corrected chi connectivity index (χ2v) is 12.1. The molecule has 14 heteroatoms. The third-order valence-electron chi connectivity index (χ3n) is 7.98. The lowest BCUT2D eigenvalue weighted by Crippen LogP contribution is -2.62. The maximum atomic E-state index is 14.0. The van der Waals surface area contributed by atoms with Gasteiger partial charge in [-0.1, -0.05) is 35.5 Å². The molecule has 1 amide bonds. The molecule has 0 saturated carbocycles. The summed E-state index contributed by atoms with van der Waals surface area (Å²) in [7, 11) is 1.58. The fourth-order valence-corrected chi connectivity index (χ4v) is 6.58. The molecule has 0 aliphatic carbocycles. The topological polar surface area (TPSA) is 112 Å². The van der Waals surface area contributed by atoms with Crippen molar-refractivity contribution >= 4 is 33.1 Å². The van der Waals surface area contributed by atoms with E-state index in [9.17, 15) is 23.1 Å². The summed E-state index contributed by atoms with van der Waals surface area (Å²) in [5.74, 6) is -4.90. The van der Waals surface area contributed by atoms with E-state index in [1.165, 1.54) is 27.1 Å². The molecule has 7 rings (SSSR count). The predicted molar refractivity (Wildman–Crippen MR) is 157 cm³/mol. The molecule has 5 aromatic rings. The Morgan fingerprint density at radius 2 is 1.82 bits per heavy atom. The maximum absolute atomic E-state index is 14.0. The summed E-state index contributed by atoms with van der Waals surface area (Å²) < 4.78 is 62.3. The van der Waals surface area contributed by atoms with E-state index in [0.717, 1.165) is 32.9 Å². The predicted octanol–water partition coefficient (Wildman–Crippen LogP) is 4.73. The van der Waals surface area contributed by atoms with E-state index in [-0.39, 0.29) is 17.9 Å². The summed E-state index contributed by atoms with van der Waals surface area (Å²) in [5.41, 5.74) is 2.07. The Hall–Kier alpha value is -4.21. The Bertz CT molecular complexity index is 1870. The normalized spacial score (nSPS) is 24.8. The van der Waals surface area contributed by atoms with E-state index in [1.54, 1.807) is 13.1 Å². The van der Waals surface area contributed by atoms with Crippen molar-refractivity contribution in [3.63, 3.8) is 0 Å². The van der Waals surface area contributed by atoms with Gasteiger partial charge >= 0.3 is 0 Å². The number of halogens is 3. The number of ether oxygens (including phenoxy) is 3. The van der Waals surface area contributed by atoms with Crippen molar-refractivity contribution in [1.82, 2.24) is 20.0 Å². The van der Waals surface area contributed by atoms with Gasteiger partial charge in [-0.2, -0.15) is 0 Å². The number of carbonyl (C=O) groups excluding carboxylic acids is 1. The molecule has 10 nitrogen and oxygen atoms in total. The van der Waals surface area contributed by atoms with Gasteiger partial charge in [-0.25, -0.2) is 22.8 Å². The smallest absolute Gasteiger partial charge is 0.258 e. The number of thiazole rings is 1. The minimum Gasteiger partial charge on any atom is -0.387 e. The Morgan fingerprint density at radius 1 is 1.07 bits per heavy atom. The molecule has 2 aromatic heterocycles. The first-order chi connectivity index (χ1) is 21.7. The first kappa shape index (κ1) is 29.5. The number of carbonyl (C=O) groups is 1. The number of likely N-dealkylation sites (N-methyl/N-ethyl adjacent to an activating group) is 1. The average Bonchev–Trinajstić information content (AvgIpc) is 3.68. The van der Waals surface area contributed by atoms with Crippen molar-refractivity contribution in [2.24, 2.45) is 0 Å². The van der Waals surface area contributed by atoms with Gasteiger partial charge in [0.2, 0.25) is 0 Å². The highest BCUT2D eigenvalue weighted by atomic mass is 32.1. The number of benzene rings is 3. The van der Waals surface area contributed by atoms with Crippen molar-refractivity contribution < 1.29 is 37.3 Å². The van der Waals surface area contributed by atoms with Crippen molar-refractivity contribution in [2.75, 3.05) is 18.6 Å². The van der Waals surface area contributed by atoms with Gasteiger partial charge in [0.05, 0.1) is 28.0 Å². The molecule has 2 saturated heterocycles. The van der Waals surface area contributed by atoms with Crippen LogP contribution in [-0.4, -0.2) is 69.1 Å². The molecule has 2 aliphatic rings. The van der Waals surface area contributed by atoms with E-state index in [2.05, 4.69) is 15.3 Å². The van der Waals surface area contributed by atoms with E-state index in [4.69, 9.17) is 14.2 Å². The van der Waals surface area contributed by atoms with Crippen LogP contribution in [0.25, 0.3) is 21.5 Å². The van der Waals surface area contributed by atoms with E-state index in [1.807, 2.05) is 49.4 Å². The van der Waals surface area contributed by atoms with Crippen molar-refractivity contribution in [3.8, 4) is 11.3 Å². The number of aryl methyl sites for hydroxylation is 1. The van der Waals surface area contributed by atoms with E-state index < -0.39 is 60.1 Å². The number of hydrogen-bond donors (Lipinski definition) is 1. The number of fused-ring (bicyclic) bond motifs is 2. The Labute approximate surface area is 258 Å². The molecular weight excluding hydrogens is 611 g/mol. The van der Waals surface area contributed by atoms with Gasteiger partial charge < -0.3 is 24.2 Å². The van der Waals surface area contributed by atoms with Crippen LogP contribution >= 0.6 is 11.3 Å². The van der Waals surface area contributed by atoms with Crippen LogP contribution in [0.4, 0.5) is 18.9 Å². The number of aromatic nitrogens is 4. The Kier molecular flexibility index (Phi) is 7.61. The molecule has 232 valence electrons. The summed E-state index contributed by atoms with van der Waals surface area (Å²) in [4.78, 5) is 19.8. The second-order valence-electron chi connectivity index (χ2n) is 10.9. The zero-order chi connectivity index (χ0) is 31.4. The monoisotopic (exact) mass is 637 g/mol. The van der Waals surface area contributed by atoms with Crippen LogP contribution in [0.5, 0.6) is 0 Å². The molecule has 1 N–H and O–H groups in total. The van der Waals surface area contributed by atoms with E-state index >= 15 is 0 Å². The van der Waals surface area contributed by atoms with Crippen LogP contribution in [-0.2, 0) is 19.0 Å². The molecule has 0 bridgehead atoms. The van der Waals surface area contributed by atoms with Gasteiger partial charge in [0.15, 0.2) is 29.8 Å². The molecular formula is C31H26F3N5O5S. The number of nitrogens with zero attached hydrogens (tertiary/aromatic N) is 5. The molecule has 0 radical (unpaired) electrons. The highest BCUT2D eigenvalue weighted by Gasteiger charge is 2.53. The minimum absolute atomic E-state index is 0.0165. The van der Waals surface area contributed by atoms with Crippen LogP contribution in [0.2, 0.25) is 0 Å². The summed E-state index contributed by atoms with van der Waals surface area (Å²) in [6, 6.07) is 15.2. The molecule has 2 fully saturated rings. The fourth-order valence-electron chi connectivity index (χ4n) is 5.72. The van der Waals surface area contributed by atoms with E-state index in [0.29, 0.717) is 5.69 Å². The van der Waals surface area contributed by atoms with Gasteiger partial charge in [-0.15, -0.1) is 16.4 Å². The SMILES string of the molecule is Cc1nc2ccc(N(C)C(=O)[C@@H]3O[C@@H]4COC(c5ccccc5)O[C@@H]4[C@H](n4cc(-c5cc(F)c(F)c(F)c5)nn4)[C@H]3O)cc2s1. The van der Waals surface area contributed by atoms with Crippen LogP contribution < -0.4 is 4.90 Å². The lowest BCUT2D eigenvalue weighted by atomic mass is 9.91. The number of anilines is 1. The quantitative estimate of drug-likeness (QED) is 0.276. The number of aliphatic hydroxyl groups is 1. The van der Waals surface area contributed by atoms with Crippen molar-refractivity contribution in [2.45, 2.75) is 43.7 Å². The first-order valence-corrected chi connectivity index (χ1v) is 14.9. The Balaban J connectivity index is 1.23. The number of hydrogen-bond acceptors (Lipinski definition) is 9. The first-order valence-electron chi connectivity index (χ1n) is 14.0. The average molecular weight is 638 g/mol. The highest BCUT2D eigenvalue weighted by molar-refractivity contribution is 7.18. The van der Waals surface area contributed by atoms with Crippen LogP contribution in [0, 0.1) is 24.4 Å². The van der Waals surface area contributed by atoms with Gasteiger partial charge in [0.25, 0.3) is 5.91 Å². The van der Waals surface area contributed by atoms with Gasteiger partial charge in [0.1, 0.15) is 30.0 Å². The zero-order valence-electron chi connectivity index (χ0n) is 23.9. The third-order valence-corrected chi connectivity index (χ3v) is 8.92. The van der Waals surface area contributed by atoms with Crippen molar-refractivity contribution in [1.29, 1.82) is 0 Å². The standard InChI is InChI=1S/C31H26F3N5O5S/c1-15-35-21-9-8-18(12-24(21)45-15)38(2)30(41)29-27(40)26(28-23(43-29)14-42-31(44-28)16-6-4-3-5-7-16)39-13-22(36-37-39)17-10-19(32)25(34)20(33)11-17/h3-13,23,26-29,31,40H,14H2,1-2H3/t23-,26-,27-,28+,29-,31?/m1/s1. The van der Waals surface area contributed by atoms with Crippen LogP contribution in [0.15, 0.2) is 66.9 Å². The van der Waals surface area contributed by atoms with Gasteiger partial charge in [-0.05, 0) is 37.3 Å². The Morgan fingerprint density at radius 3 is 2.58 bits per heavy atom. The lowest BCUT2D eigenvalue weighted by molar-refractivity contribution is -0.312.